The number of benzene rings is 2. The van der Waals surface area contributed by atoms with Crippen molar-refractivity contribution in [3.8, 4) is 51.4 Å². The Labute approximate surface area is 340 Å². The number of ether oxygens (including phenoxy) is 7. The number of carbonyl (C=O) groups excluding carboxylic acids is 1. The van der Waals surface area contributed by atoms with Crippen LogP contribution in [0.1, 0.15) is 6.42 Å². The number of esters is 1. The Bertz CT molecular complexity index is 1990. The first-order valence-corrected chi connectivity index (χ1v) is 18.2. The van der Waals surface area contributed by atoms with Crippen LogP contribution in [0, 0.1) is 0 Å². The van der Waals surface area contributed by atoms with Gasteiger partial charge in [0.25, 0.3) is 0 Å². The lowest BCUT2D eigenvalue weighted by Gasteiger charge is -2.40. The topological polar surface area (TPSA) is 412 Å². The minimum atomic E-state index is -2.10. The molecule has 0 aromatic heterocycles. The molecule has 3 saturated heterocycles. The van der Waals surface area contributed by atoms with E-state index in [-0.39, 0.29) is 16.9 Å². The van der Waals surface area contributed by atoms with Gasteiger partial charge in [-0.1, -0.05) is 0 Å². The van der Waals surface area contributed by atoms with E-state index in [2.05, 4.69) is 0 Å². The lowest BCUT2D eigenvalue weighted by molar-refractivity contribution is -0.279. The van der Waals surface area contributed by atoms with E-state index >= 15 is 0 Å². The van der Waals surface area contributed by atoms with E-state index in [0.29, 0.717) is 0 Å². The van der Waals surface area contributed by atoms with Crippen LogP contribution in [-0.4, -0.2) is 195 Å². The molecule has 1 aromatic carbocycles. The highest BCUT2D eigenvalue weighted by Gasteiger charge is 2.48. The minimum absolute atomic E-state index is 0.210. The number of phenols is 2. The molecule has 1 aromatic rings. The van der Waals surface area contributed by atoms with Gasteiger partial charge in [-0.3, -0.25) is 14.4 Å². The van der Waals surface area contributed by atoms with Crippen molar-refractivity contribution in [3.63, 3.8) is 0 Å². The summed E-state index contributed by atoms with van der Waals surface area (Å²) in [4.78, 5) is 35.3. The van der Waals surface area contributed by atoms with Gasteiger partial charge in [0.2, 0.25) is 24.6 Å². The average Bonchev–Trinajstić information content (AvgIpc) is 3.21. The lowest BCUT2D eigenvalue weighted by Crippen LogP contribution is -2.60. The molecular formula is C36H42O25. The Kier molecular flexibility index (Phi) is 13.9. The van der Waals surface area contributed by atoms with Gasteiger partial charge in [-0.25, -0.2) is 0 Å². The van der Waals surface area contributed by atoms with E-state index in [4.69, 9.17) is 42.7 Å². The smallest absolute Gasteiger partial charge is 0.317 e. The van der Waals surface area contributed by atoms with Crippen molar-refractivity contribution in [2.45, 2.75) is 98.5 Å². The van der Waals surface area contributed by atoms with Crippen molar-refractivity contribution in [3.05, 3.63) is 40.6 Å². The number of aromatic hydroxyl groups is 2. The molecular weight excluding hydrogens is 832 g/mol. The zero-order valence-electron chi connectivity index (χ0n) is 31.1. The monoisotopic (exact) mass is 874 g/mol. The van der Waals surface area contributed by atoms with Crippen LogP contribution >= 0.6 is 0 Å². The molecule has 4 aliphatic heterocycles. The maximum Gasteiger partial charge on any atom is 0.317 e. The number of hydrogen-bond donors (Lipinski definition) is 14. The number of aliphatic hydroxyl groups is 11. The summed E-state index contributed by atoms with van der Waals surface area (Å²) in [6, 6.07) is 4.65. The molecule has 3 fully saturated rings. The Morgan fingerprint density at radius 2 is 1.05 bits per heavy atom. The quantitative estimate of drug-likeness (QED) is 0.0562. The molecule has 0 unspecified atom stereocenters. The molecule has 336 valence electrons. The second-order valence-electron chi connectivity index (χ2n) is 14.1. The molecule has 25 nitrogen and oxygen atoms in total. The van der Waals surface area contributed by atoms with Crippen LogP contribution in [0.3, 0.4) is 0 Å². The van der Waals surface area contributed by atoms with E-state index in [1.54, 1.807) is 0 Å². The number of carbonyl (C=O) groups is 2. The largest absolute Gasteiger partial charge is 0.507 e. The summed E-state index contributed by atoms with van der Waals surface area (Å²) in [5.41, 5.74) is -1.31. The Morgan fingerprint density at radius 3 is 1.52 bits per heavy atom. The number of rotatable bonds is 13. The van der Waals surface area contributed by atoms with Crippen molar-refractivity contribution >= 4 is 11.9 Å². The molecule has 61 heavy (non-hydrogen) atoms. The fourth-order valence-corrected chi connectivity index (χ4v) is 6.56. The van der Waals surface area contributed by atoms with Gasteiger partial charge in [-0.2, -0.15) is 0 Å². The number of carboxylic acid groups (broad SMARTS) is 1. The fourth-order valence-electron chi connectivity index (χ4n) is 6.56. The van der Waals surface area contributed by atoms with E-state index in [9.17, 15) is 80.8 Å². The van der Waals surface area contributed by atoms with Crippen LogP contribution in [0.5, 0.6) is 28.7 Å². The Hall–Kier alpha value is -4.97. The van der Waals surface area contributed by atoms with E-state index < -0.39 is 170 Å². The van der Waals surface area contributed by atoms with Crippen molar-refractivity contribution in [1.82, 2.24) is 0 Å². The van der Waals surface area contributed by atoms with Gasteiger partial charge in [0, 0.05) is 17.7 Å². The average molecular weight is 875 g/mol. The molecule has 0 amide bonds. The lowest BCUT2D eigenvalue weighted by atomic mass is 9.99. The number of aliphatic hydroxyl groups excluding tert-OH is 11. The highest BCUT2D eigenvalue weighted by molar-refractivity contribution is 5.90. The Morgan fingerprint density at radius 1 is 0.590 bits per heavy atom. The highest BCUT2D eigenvalue weighted by Crippen LogP contribution is 2.47. The second kappa shape index (κ2) is 18.6. The molecule has 25 heteroatoms. The molecule has 4 heterocycles. The fraction of sp³-hybridized carbons (Fsp3) is 0.528. The summed E-state index contributed by atoms with van der Waals surface area (Å²) in [6.45, 7) is -2.63. The molecule has 0 radical (unpaired) electrons. The standard InChI is InChI=1S/C36H42O25/c37-7-18-24(45)27(48)30(51)34(59-18)56-15-1-10(2-16(23(15)44)57-35-31(52)28(49)25(46)19(8-38)60-35)33-17(5-12-13(40)3-11(39)4-14(12)55-33)58-36-32(53)29(50)26(47)20(61-36)9-54-22(43)6-21(41)42/h1-5,18-20,24-32,34-38,40,44-53H,6-9H2,(H,41,42)/t18-,19-,20-,24-,25-,26-,27+,28+,29+,30-,31-,32-,34-,35-,36-/m1/s1. The summed E-state index contributed by atoms with van der Waals surface area (Å²) in [5, 5.41) is 145. The third-order valence-corrected chi connectivity index (χ3v) is 9.91. The molecule has 0 spiro atoms. The molecule has 14 N–H and O–H groups in total. The molecule has 1 aliphatic carbocycles. The summed E-state index contributed by atoms with van der Waals surface area (Å²) >= 11 is 0. The van der Waals surface area contributed by atoms with Gasteiger partial charge >= 0.3 is 11.9 Å². The van der Waals surface area contributed by atoms with Crippen molar-refractivity contribution in [2.75, 3.05) is 19.8 Å². The third-order valence-electron chi connectivity index (χ3n) is 9.91. The third kappa shape index (κ3) is 9.44. The second-order valence-corrected chi connectivity index (χ2v) is 14.1. The maximum atomic E-state index is 12.4. The SMILES string of the molecule is O=C(O)CC(=O)OC[C@H]1O[C@@H](Oc2cc3c(O)cc(=O)cc-3oc2-c2cc(O[C@@H]3O[C@H](CO)[C@@H](O)[C@H](O)[C@H]3O)c(O)c(O[C@@H]3O[C@H](CO)[C@@H](O)[C@H](O)[C@H]3O)c2)[C@H](O)[C@@H](O)[C@@H]1O. The van der Waals surface area contributed by atoms with E-state index in [0.717, 1.165) is 30.3 Å². The summed E-state index contributed by atoms with van der Waals surface area (Å²) in [6.07, 6.45) is -29.5. The normalized spacial score (nSPS) is 34.1. The van der Waals surface area contributed by atoms with E-state index in [1.807, 2.05) is 0 Å². The van der Waals surface area contributed by atoms with Crippen LogP contribution in [0.2, 0.25) is 0 Å². The van der Waals surface area contributed by atoms with Crippen molar-refractivity contribution in [2.24, 2.45) is 0 Å². The summed E-state index contributed by atoms with van der Waals surface area (Å²) in [5.74, 6) is -7.32. The number of phenolic OH excluding ortho intramolecular Hbond substituents is 2. The van der Waals surface area contributed by atoms with Gasteiger partial charge < -0.3 is 109 Å². The maximum absolute atomic E-state index is 12.4. The van der Waals surface area contributed by atoms with Gasteiger partial charge in [-0.15, -0.1) is 0 Å². The Balaban J connectivity index is 1.46. The van der Waals surface area contributed by atoms with Crippen LogP contribution < -0.4 is 19.6 Å². The predicted octanol–water partition coefficient (Wildman–Crippen LogP) is -5.62. The molecule has 15 atom stereocenters. The van der Waals surface area contributed by atoms with Crippen LogP contribution in [-0.2, 0) is 28.5 Å². The first-order chi connectivity index (χ1) is 28.8. The molecule has 0 saturated carbocycles. The first-order valence-electron chi connectivity index (χ1n) is 18.2. The van der Waals surface area contributed by atoms with Gasteiger partial charge in [0.15, 0.2) is 28.4 Å². The van der Waals surface area contributed by atoms with Gasteiger partial charge in [-0.05, 0) is 18.2 Å². The van der Waals surface area contributed by atoms with Crippen molar-refractivity contribution < 1.29 is 119 Å². The van der Waals surface area contributed by atoms with E-state index in [1.165, 1.54) is 0 Å². The zero-order valence-corrected chi connectivity index (χ0v) is 31.1. The predicted molar refractivity (Wildman–Crippen MR) is 190 cm³/mol. The van der Waals surface area contributed by atoms with Gasteiger partial charge in [0.05, 0.1) is 18.8 Å². The molecule has 0 bridgehead atoms. The minimum Gasteiger partial charge on any atom is -0.507 e. The number of carboxylic acids is 1. The van der Waals surface area contributed by atoms with Crippen molar-refractivity contribution in [1.29, 1.82) is 0 Å². The summed E-state index contributed by atoms with van der Waals surface area (Å²) in [7, 11) is 0. The number of aliphatic carboxylic acids is 1. The molecule has 5 aliphatic rings. The molecule has 6 rings (SSSR count). The first kappa shape index (κ1) is 45.6. The zero-order chi connectivity index (χ0) is 44.6. The summed E-state index contributed by atoms with van der Waals surface area (Å²) < 4.78 is 44.5. The number of hydrogen-bond acceptors (Lipinski definition) is 24. The van der Waals surface area contributed by atoms with Crippen LogP contribution in [0.4, 0.5) is 0 Å². The van der Waals surface area contributed by atoms with Crippen LogP contribution in [0.15, 0.2) is 39.5 Å². The van der Waals surface area contributed by atoms with Crippen LogP contribution in [0.25, 0.3) is 22.6 Å². The number of fused-ring (bicyclic) bond motifs is 1. The van der Waals surface area contributed by atoms with Gasteiger partial charge in [0.1, 0.15) is 97.8 Å². The highest BCUT2D eigenvalue weighted by atomic mass is 16.7.